The second kappa shape index (κ2) is 16.3. The van der Waals surface area contributed by atoms with E-state index in [9.17, 15) is 0 Å². The maximum Gasteiger partial charge on any atom is 0.0556 e. The molecule has 0 bridgehead atoms. The number of rotatable bonds is 8. The van der Waals surface area contributed by atoms with Crippen LogP contribution in [0.4, 0.5) is 0 Å². The van der Waals surface area contributed by atoms with Gasteiger partial charge in [-0.3, -0.25) is 0 Å². The third-order valence-electron chi connectivity index (χ3n) is 15.7. The van der Waals surface area contributed by atoms with Crippen LogP contribution in [0.15, 0.2) is 179 Å². The van der Waals surface area contributed by atoms with Gasteiger partial charge in [-0.25, -0.2) is 0 Å². The van der Waals surface area contributed by atoms with Crippen LogP contribution in [0.3, 0.4) is 0 Å². The van der Waals surface area contributed by atoms with E-state index in [4.69, 9.17) is 0 Å². The lowest BCUT2D eigenvalue weighted by Gasteiger charge is -2.38. The van der Waals surface area contributed by atoms with Crippen molar-refractivity contribution in [3.63, 3.8) is 0 Å². The fraction of sp³-hybridized carbons (Fsp3) is 0.464. The number of nitrogens with zero attached hydrogens (tertiary/aromatic N) is 1. The van der Waals surface area contributed by atoms with Crippen molar-refractivity contribution in [2.45, 2.75) is 104 Å². The molecule has 8 unspecified atom stereocenters. The van der Waals surface area contributed by atoms with Crippen LogP contribution in [0.5, 0.6) is 0 Å². The maximum atomic E-state index is 4.40. The average Bonchev–Trinajstić information content (AvgIpc) is 3.38. The Morgan fingerprint density at radius 1 is 0.807 bits per heavy atom. The van der Waals surface area contributed by atoms with Crippen LogP contribution in [-0.2, 0) is 0 Å². The minimum Gasteiger partial charge on any atom is -0.338 e. The largest absolute Gasteiger partial charge is 0.338 e. The molecule has 0 saturated heterocycles. The molecule has 1 nitrogen and oxygen atoms in total. The topological polar surface area (TPSA) is 3.24 Å². The summed E-state index contributed by atoms with van der Waals surface area (Å²) < 4.78 is 0. The normalized spacial score (nSPS) is 36.6. The lowest BCUT2D eigenvalue weighted by Crippen LogP contribution is -2.32. The number of fused-ring (bicyclic) bond motifs is 5. The van der Waals surface area contributed by atoms with Crippen molar-refractivity contribution in [1.29, 1.82) is 0 Å². The second-order valence-corrected chi connectivity index (χ2v) is 19.4. The SMILES string of the molecule is C=C/C(=C\C=C(/C)N(C1=CC2=C(C3C=CCCC3)C3=CCC(C)CC3C(C3C=CC=CC3)=C[C@H]2C=C1)C1C=CC=CC1)C1CC=C2C3C=CCC[C@@H]3C(C)(C)C2C1. The molecule has 1 saturated carbocycles. The summed E-state index contributed by atoms with van der Waals surface area (Å²) in [6.45, 7) is 14.3. The zero-order valence-electron chi connectivity index (χ0n) is 35.3. The van der Waals surface area contributed by atoms with Gasteiger partial charge in [-0.1, -0.05) is 148 Å². The summed E-state index contributed by atoms with van der Waals surface area (Å²) in [5, 5.41) is 0. The molecule has 296 valence electrons. The molecule has 1 fully saturated rings. The van der Waals surface area contributed by atoms with Gasteiger partial charge in [-0.05, 0) is 147 Å². The molecule has 57 heavy (non-hydrogen) atoms. The molecule has 1 heteroatoms. The average molecular weight is 754 g/mol. The van der Waals surface area contributed by atoms with Gasteiger partial charge in [0.25, 0.3) is 0 Å². The van der Waals surface area contributed by atoms with E-state index in [0.717, 1.165) is 25.2 Å². The van der Waals surface area contributed by atoms with Crippen LogP contribution in [-0.4, -0.2) is 10.9 Å². The first-order valence-corrected chi connectivity index (χ1v) is 22.9. The highest BCUT2D eigenvalue weighted by Gasteiger charge is 2.52. The fourth-order valence-corrected chi connectivity index (χ4v) is 12.7. The third-order valence-corrected chi connectivity index (χ3v) is 15.7. The molecule has 0 heterocycles. The Balaban J connectivity index is 1.09. The van der Waals surface area contributed by atoms with Gasteiger partial charge in [-0.2, -0.15) is 0 Å². The highest BCUT2D eigenvalue weighted by atomic mass is 15.2. The van der Waals surface area contributed by atoms with Gasteiger partial charge in [0.1, 0.15) is 0 Å². The molecule has 0 aromatic heterocycles. The first kappa shape index (κ1) is 38.4. The lowest BCUT2D eigenvalue weighted by molar-refractivity contribution is 0.151. The standard InChI is InChI=1S/C56H67N/c1-6-40(43-30-33-48-47-24-16-17-25-53(47)56(4,5)54(48)36-43)28-27-39(3)57(45-22-14-9-15-23-45)46-31-29-44-35-50(41-18-10-7-11-19-41)52-34-38(2)26-32-49(52)55(51(44)37-46)42-20-12-8-13-21-42/h6-7,9-12,14-16,18,20,22,24,27-29,31-33,35,37-38,41-45,47,52-54H,1,8,13,17,19,21,23,25-26,30,34,36H2,2-5H3/b39-27+,40-28+/t38?,41?,42?,43?,44-,45?,47?,52?,53+,54?/m1/s1. The van der Waals surface area contributed by atoms with E-state index in [0.29, 0.717) is 52.8 Å². The van der Waals surface area contributed by atoms with Crippen molar-refractivity contribution in [3.05, 3.63) is 179 Å². The van der Waals surface area contributed by atoms with Gasteiger partial charge in [0.2, 0.25) is 0 Å². The summed E-state index contributed by atoms with van der Waals surface area (Å²) >= 11 is 0. The van der Waals surface area contributed by atoms with Crippen molar-refractivity contribution in [2.75, 3.05) is 0 Å². The van der Waals surface area contributed by atoms with Gasteiger partial charge in [-0.15, -0.1) is 0 Å². The molecule has 0 amide bonds. The summed E-state index contributed by atoms with van der Waals surface area (Å²) in [5.41, 5.74) is 12.6. The van der Waals surface area contributed by atoms with E-state index >= 15 is 0 Å². The first-order valence-electron chi connectivity index (χ1n) is 22.9. The number of hydrogen-bond donors (Lipinski definition) is 0. The minimum absolute atomic E-state index is 0.271. The molecular formula is C56H67N. The predicted octanol–water partition coefficient (Wildman–Crippen LogP) is 14.5. The second-order valence-electron chi connectivity index (χ2n) is 19.4. The Kier molecular flexibility index (Phi) is 11.0. The van der Waals surface area contributed by atoms with Crippen molar-refractivity contribution in [1.82, 2.24) is 4.90 Å². The number of hydrogen-bond acceptors (Lipinski definition) is 1. The van der Waals surface area contributed by atoms with Crippen molar-refractivity contribution in [3.8, 4) is 0 Å². The lowest BCUT2D eigenvalue weighted by atomic mass is 9.67. The molecule has 0 N–H and O–H groups in total. The van der Waals surface area contributed by atoms with Gasteiger partial charge < -0.3 is 4.90 Å². The maximum absolute atomic E-state index is 4.40. The summed E-state index contributed by atoms with van der Waals surface area (Å²) in [4.78, 5) is 2.64. The van der Waals surface area contributed by atoms with Gasteiger partial charge in [0, 0.05) is 41.0 Å². The van der Waals surface area contributed by atoms with Crippen LogP contribution >= 0.6 is 0 Å². The summed E-state index contributed by atoms with van der Waals surface area (Å²) in [7, 11) is 0. The molecule has 0 spiro atoms. The predicted molar refractivity (Wildman–Crippen MR) is 243 cm³/mol. The highest BCUT2D eigenvalue weighted by Crippen LogP contribution is 2.61. The van der Waals surface area contributed by atoms with Crippen molar-refractivity contribution >= 4 is 0 Å². The van der Waals surface area contributed by atoms with Crippen LogP contribution in [0, 0.1) is 58.7 Å². The van der Waals surface area contributed by atoms with Crippen molar-refractivity contribution < 1.29 is 0 Å². The molecule has 0 aromatic rings. The van der Waals surface area contributed by atoms with Gasteiger partial charge in [0.15, 0.2) is 0 Å². The monoisotopic (exact) mass is 754 g/mol. The molecule has 0 radical (unpaired) electrons. The molecule has 9 aliphatic rings. The fourth-order valence-electron chi connectivity index (χ4n) is 12.7. The molecular weight excluding hydrogens is 687 g/mol. The van der Waals surface area contributed by atoms with Crippen molar-refractivity contribution in [2.24, 2.45) is 58.7 Å². The van der Waals surface area contributed by atoms with Crippen LogP contribution in [0.1, 0.15) is 98.3 Å². The van der Waals surface area contributed by atoms with Crippen LogP contribution in [0.2, 0.25) is 0 Å². The Hall–Kier alpha value is -4.10. The minimum atomic E-state index is 0.271. The molecule has 9 rings (SSSR count). The van der Waals surface area contributed by atoms with Crippen LogP contribution in [0.25, 0.3) is 0 Å². The Labute approximate surface area is 345 Å². The van der Waals surface area contributed by atoms with Gasteiger partial charge >= 0.3 is 0 Å². The zero-order chi connectivity index (χ0) is 39.1. The molecule has 0 aromatic carbocycles. The summed E-state index contributed by atoms with van der Waals surface area (Å²) in [5.74, 6) is 5.07. The zero-order valence-corrected chi connectivity index (χ0v) is 35.3. The molecule has 10 atom stereocenters. The van der Waals surface area contributed by atoms with Gasteiger partial charge in [0.05, 0.1) is 6.04 Å². The highest BCUT2D eigenvalue weighted by molar-refractivity contribution is 5.58. The Bertz CT molecular complexity index is 2050. The Morgan fingerprint density at radius 3 is 2.42 bits per heavy atom. The quantitative estimate of drug-likeness (QED) is 0.176. The van der Waals surface area contributed by atoms with Crippen LogP contribution < -0.4 is 0 Å². The number of allylic oxidation sites excluding steroid dienone is 26. The van der Waals surface area contributed by atoms with E-state index < -0.39 is 0 Å². The van der Waals surface area contributed by atoms with E-state index in [1.54, 1.807) is 22.3 Å². The third kappa shape index (κ3) is 7.32. The van der Waals surface area contributed by atoms with E-state index in [1.165, 1.54) is 73.9 Å². The van der Waals surface area contributed by atoms with E-state index in [1.807, 2.05) is 0 Å². The van der Waals surface area contributed by atoms with E-state index in [2.05, 4.69) is 167 Å². The first-order chi connectivity index (χ1) is 27.8. The summed E-state index contributed by atoms with van der Waals surface area (Å²) in [6, 6.07) is 0.271. The summed E-state index contributed by atoms with van der Waals surface area (Å²) in [6.07, 6.45) is 64.5. The molecule has 9 aliphatic carbocycles. The van der Waals surface area contributed by atoms with E-state index in [-0.39, 0.29) is 6.04 Å². The smallest absolute Gasteiger partial charge is 0.0556 e. The Morgan fingerprint density at radius 2 is 1.65 bits per heavy atom. The molecule has 0 aliphatic heterocycles.